The zero-order chi connectivity index (χ0) is 12.8. The van der Waals surface area contributed by atoms with Gasteiger partial charge in [0.2, 0.25) is 0 Å². The molecule has 0 aliphatic rings. The topological polar surface area (TPSA) is 61.6 Å². The number of benzene rings is 1. The summed E-state index contributed by atoms with van der Waals surface area (Å²) in [6.45, 7) is 4.38. The molecule has 0 atom stereocenters. The zero-order valence-electron chi connectivity index (χ0n) is 9.68. The number of nitro benzene ring substituents is 1. The second kappa shape index (κ2) is 6.54. The van der Waals surface area contributed by atoms with Crippen molar-refractivity contribution in [3.63, 3.8) is 0 Å². The maximum absolute atomic E-state index is 10.9. The normalized spacial score (nSPS) is 10.8. The Morgan fingerprint density at radius 1 is 1.35 bits per heavy atom. The molecule has 0 saturated carbocycles. The highest BCUT2D eigenvalue weighted by Gasteiger charge is 2.23. The van der Waals surface area contributed by atoms with E-state index in [0.29, 0.717) is 23.8 Å². The smallest absolute Gasteiger partial charge is 0.277 e. The van der Waals surface area contributed by atoms with Crippen LogP contribution in [-0.2, 0) is 9.47 Å². The molecule has 0 aliphatic carbocycles. The van der Waals surface area contributed by atoms with Crippen LogP contribution < -0.4 is 0 Å². The van der Waals surface area contributed by atoms with E-state index in [4.69, 9.17) is 21.1 Å². The molecule has 0 saturated heterocycles. The molecule has 1 aromatic rings. The lowest BCUT2D eigenvalue weighted by molar-refractivity contribution is -0.387. The van der Waals surface area contributed by atoms with Crippen molar-refractivity contribution in [2.24, 2.45) is 0 Å². The maximum atomic E-state index is 10.9. The quantitative estimate of drug-likeness (QED) is 0.447. The number of ether oxygens (including phenoxy) is 2. The molecule has 0 aromatic heterocycles. The van der Waals surface area contributed by atoms with Gasteiger partial charge in [-0.05, 0) is 26.0 Å². The predicted molar refractivity (Wildman–Crippen MR) is 64.1 cm³/mol. The first-order valence-corrected chi connectivity index (χ1v) is 5.65. The number of rotatable bonds is 6. The summed E-state index contributed by atoms with van der Waals surface area (Å²) in [5.41, 5.74) is 0.285. The lowest BCUT2D eigenvalue weighted by atomic mass is 10.1. The highest BCUT2D eigenvalue weighted by Crippen LogP contribution is 2.31. The van der Waals surface area contributed by atoms with E-state index in [1.54, 1.807) is 13.8 Å². The van der Waals surface area contributed by atoms with Gasteiger partial charge in [0.05, 0.1) is 10.5 Å². The van der Waals surface area contributed by atoms with E-state index in [2.05, 4.69) is 0 Å². The standard InChI is InChI=1S/C11H14ClNO4/c1-3-16-11(17-4-2)9-7-8(12)5-6-10(9)13(14)15/h5-7,11H,3-4H2,1-2H3. The number of hydrogen-bond donors (Lipinski definition) is 0. The molecule has 0 amide bonds. The van der Waals surface area contributed by atoms with Gasteiger partial charge in [0, 0.05) is 24.3 Å². The molecule has 0 unspecified atom stereocenters. The third-order valence-electron chi connectivity index (χ3n) is 2.08. The Balaban J connectivity index is 3.14. The van der Waals surface area contributed by atoms with Gasteiger partial charge in [-0.2, -0.15) is 0 Å². The van der Waals surface area contributed by atoms with Gasteiger partial charge in [-0.1, -0.05) is 11.6 Å². The van der Waals surface area contributed by atoms with Gasteiger partial charge < -0.3 is 9.47 Å². The largest absolute Gasteiger partial charge is 0.348 e. The molecule has 17 heavy (non-hydrogen) atoms. The molecule has 0 fully saturated rings. The fourth-order valence-electron chi connectivity index (χ4n) is 1.41. The Kier molecular flexibility index (Phi) is 5.34. The van der Waals surface area contributed by atoms with Gasteiger partial charge in [-0.15, -0.1) is 0 Å². The van der Waals surface area contributed by atoms with Gasteiger partial charge >= 0.3 is 0 Å². The van der Waals surface area contributed by atoms with Crippen LogP contribution in [0, 0.1) is 10.1 Å². The molecule has 0 N–H and O–H groups in total. The summed E-state index contributed by atoms with van der Waals surface area (Å²) in [4.78, 5) is 10.4. The average Bonchev–Trinajstić information content (AvgIpc) is 2.28. The molecule has 0 bridgehead atoms. The molecule has 94 valence electrons. The van der Waals surface area contributed by atoms with E-state index < -0.39 is 11.2 Å². The number of nitro groups is 1. The SMILES string of the molecule is CCOC(OCC)c1cc(Cl)ccc1[N+](=O)[O-]. The van der Waals surface area contributed by atoms with E-state index in [0.717, 1.165) is 0 Å². The third-order valence-corrected chi connectivity index (χ3v) is 2.31. The molecule has 6 heteroatoms. The van der Waals surface area contributed by atoms with Gasteiger partial charge in [0.15, 0.2) is 6.29 Å². The van der Waals surface area contributed by atoms with E-state index in [1.807, 2.05) is 0 Å². The van der Waals surface area contributed by atoms with Gasteiger partial charge in [0.25, 0.3) is 5.69 Å². The Morgan fingerprint density at radius 2 is 1.94 bits per heavy atom. The Hall–Kier alpha value is -1.17. The first-order chi connectivity index (χ1) is 8.10. The Morgan fingerprint density at radius 3 is 2.41 bits per heavy atom. The fraction of sp³-hybridized carbons (Fsp3) is 0.455. The summed E-state index contributed by atoms with van der Waals surface area (Å²) in [6.07, 6.45) is -0.760. The lowest BCUT2D eigenvalue weighted by Gasteiger charge is -2.17. The molecule has 0 radical (unpaired) electrons. The van der Waals surface area contributed by atoms with Gasteiger partial charge in [-0.3, -0.25) is 10.1 Å². The summed E-state index contributed by atoms with van der Waals surface area (Å²) < 4.78 is 10.7. The zero-order valence-corrected chi connectivity index (χ0v) is 10.4. The molecule has 5 nitrogen and oxygen atoms in total. The second-order valence-electron chi connectivity index (χ2n) is 3.20. The van der Waals surface area contributed by atoms with Crippen molar-refractivity contribution in [1.82, 2.24) is 0 Å². The van der Waals surface area contributed by atoms with Crippen LogP contribution in [0.25, 0.3) is 0 Å². The van der Waals surface area contributed by atoms with Crippen LogP contribution in [0.2, 0.25) is 5.02 Å². The second-order valence-corrected chi connectivity index (χ2v) is 3.64. The first kappa shape index (κ1) is 13.9. The lowest BCUT2D eigenvalue weighted by Crippen LogP contribution is -2.11. The predicted octanol–water partition coefficient (Wildman–Crippen LogP) is 3.32. The highest BCUT2D eigenvalue weighted by molar-refractivity contribution is 6.30. The number of nitrogens with zero attached hydrogens (tertiary/aromatic N) is 1. The van der Waals surface area contributed by atoms with Crippen LogP contribution in [0.4, 0.5) is 5.69 Å². The van der Waals surface area contributed by atoms with Crippen molar-refractivity contribution >= 4 is 17.3 Å². The molecule has 1 rings (SSSR count). The minimum Gasteiger partial charge on any atom is -0.348 e. The molecular formula is C11H14ClNO4. The fourth-order valence-corrected chi connectivity index (χ4v) is 1.59. The third kappa shape index (κ3) is 3.66. The van der Waals surface area contributed by atoms with Crippen LogP contribution in [0.3, 0.4) is 0 Å². The minimum absolute atomic E-state index is 0.0544. The number of hydrogen-bond acceptors (Lipinski definition) is 4. The summed E-state index contributed by atoms with van der Waals surface area (Å²) in [5.74, 6) is 0. The van der Waals surface area contributed by atoms with E-state index >= 15 is 0 Å². The monoisotopic (exact) mass is 259 g/mol. The van der Waals surface area contributed by atoms with Crippen molar-refractivity contribution in [3.05, 3.63) is 38.9 Å². The minimum atomic E-state index is -0.760. The summed E-state index contributed by atoms with van der Waals surface area (Å²) in [7, 11) is 0. The summed E-state index contributed by atoms with van der Waals surface area (Å²) in [5, 5.41) is 11.3. The van der Waals surface area contributed by atoms with E-state index in [-0.39, 0.29) is 5.69 Å². The molecule has 1 aromatic carbocycles. The van der Waals surface area contributed by atoms with Crippen molar-refractivity contribution in [2.75, 3.05) is 13.2 Å². The van der Waals surface area contributed by atoms with Crippen LogP contribution in [-0.4, -0.2) is 18.1 Å². The molecule has 0 aliphatic heterocycles. The van der Waals surface area contributed by atoms with Crippen LogP contribution in [0.1, 0.15) is 25.7 Å². The maximum Gasteiger partial charge on any atom is 0.277 e. The highest BCUT2D eigenvalue weighted by atomic mass is 35.5. The van der Waals surface area contributed by atoms with Crippen molar-refractivity contribution in [3.8, 4) is 0 Å². The average molecular weight is 260 g/mol. The van der Waals surface area contributed by atoms with Crippen molar-refractivity contribution < 1.29 is 14.4 Å². The van der Waals surface area contributed by atoms with Crippen molar-refractivity contribution in [1.29, 1.82) is 0 Å². The van der Waals surface area contributed by atoms with E-state index in [1.165, 1.54) is 18.2 Å². The van der Waals surface area contributed by atoms with E-state index in [9.17, 15) is 10.1 Å². The van der Waals surface area contributed by atoms with Crippen LogP contribution in [0.5, 0.6) is 0 Å². The first-order valence-electron chi connectivity index (χ1n) is 5.27. The molecule has 0 spiro atoms. The van der Waals surface area contributed by atoms with Crippen LogP contribution in [0.15, 0.2) is 18.2 Å². The molecule has 0 heterocycles. The Labute approximate surface area is 104 Å². The number of halogens is 1. The Bertz CT molecular complexity index is 391. The van der Waals surface area contributed by atoms with Gasteiger partial charge in [0.1, 0.15) is 0 Å². The van der Waals surface area contributed by atoms with Gasteiger partial charge in [-0.25, -0.2) is 0 Å². The van der Waals surface area contributed by atoms with Crippen molar-refractivity contribution in [2.45, 2.75) is 20.1 Å². The van der Waals surface area contributed by atoms with Crippen LogP contribution >= 0.6 is 11.6 Å². The molecular weight excluding hydrogens is 246 g/mol. The summed E-state index contributed by atoms with van der Waals surface area (Å²) in [6, 6.07) is 4.32. The summed E-state index contributed by atoms with van der Waals surface area (Å²) >= 11 is 5.83.